The van der Waals surface area contributed by atoms with Gasteiger partial charge in [-0.15, -0.1) is 0 Å². The van der Waals surface area contributed by atoms with Crippen LogP contribution in [0.5, 0.6) is 5.75 Å². The molecule has 1 aliphatic rings. The van der Waals surface area contributed by atoms with Gasteiger partial charge in [-0.25, -0.2) is 0 Å². The normalized spacial score (nSPS) is 17.4. The molecule has 0 radical (unpaired) electrons. The Morgan fingerprint density at radius 1 is 1.28 bits per heavy atom. The molecule has 0 spiro atoms. The first-order valence-corrected chi connectivity index (χ1v) is 10.3. The number of likely N-dealkylation sites (N-methyl/N-ethyl adjacent to an activating group) is 1. The summed E-state index contributed by atoms with van der Waals surface area (Å²) in [6, 6.07) is 4.73. The van der Waals surface area contributed by atoms with E-state index in [1.54, 1.807) is 37.9 Å². The summed E-state index contributed by atoms with van der Waals surface area (Å²) in [5.74, 6) is -0.739. The summed E-state index contributed by atoms with van der Waals surface area (Å²) in [4.78, 5) is 40.1. The lowest BCUT2D eigenvalue weighted by molar-refractivity contribution is -0.152. The number of esters is 1. The van der Waals surface area contributed by atoms with E-state index in [0.29, 0.717) is 41.9 Å². The van der Waals surface area contributed by atoms with E-state index in [9.17, 15) is 14.4 Å². The number of hydrogen-bond donors (Lipinski definition) is 0. The maximum atomic E-state index is 12.6. The predicted octanol–water partition coefficient (Wildman–Crippen LogP) is 3.02. The highest BCUT2D eigenvalue weighted by molar-refractivity contribution is 6.42. The highest BCUT2D eigenvalue weighted by atomic mass is 35.5. The Kier molecular flexibility index (Phi) is 8.59. The van der Waals surface area contributed by atoms with E-state index in [0.717, 1.165) is 6.42 Å². The third-order valence-corrected chi connectivity index (χ3v) is 5.43. The summed E-state index contributed by atoms with van der Waals surface area (Å²) in [7, 11) is 1.54. The minimum Gasteiger partial charge on any atom is -0.481 e. The summed E-state index contributed by atoms with van der Waals surface area (Å²) >= 11 is 11.8. The first-order chi connectivity index (χ1) is 13.7. The molecule has 7 nitrogen and oxygen atoms in total. The number of rotatable bonds is 7. The molecular formula is C20H26Cl2N2O5. The average molecular weight is 445 g/mol. The number of benzene rings is 1. The molecule has 0 aromatic heterocycles. The van der Waals surface area contributed by atoms with Crippen molar-refractivity contribution < 1.29 is 23.9 Å². The van der Waals surface area contributed by atoms with Crippen LogP contribution in [-0.2, 0) is 19.1 Å². The number of likely N-dealkylation sites (tertiary alicyclic amines) is 1. The summed E-state index contributed by atoms with van der Waals surface area (Å²) < 4.78 is 10.7. The molecule has 2 unspecified atom stereocenters. The largest absolute Gasteiger partial charge is 0.481 e. The summed E-state index contributed by atoms with van der Waals surface area (Å²) in [6.07, 6.45) is 0.619. The molecule has 29 heavy (non-hydrogen) atoms. The molecule has 2 amide bonds. The van der Waals surface area contributed by atoms with Gasteiger partial charge in [0.05, 0.1) is 29.1 Å². The van der Waals surface area contributed by atoms with Gasteiger partial charge in [0.25, 0.3) is 5.91 Å². The van der Waals surface area contributed by atoms with Crippen molar-refractivity contribution in [1.29, 1.82) is 0 Å². The first-order valence-electron chi connectivity index (χ1n) is 9.54. The standard InChI is InChI=1S/C20H26Cl2N2O5/c1-4-28-20(27)14-6-5-9-24(11-14)18(25)12-23(3)19(26)13(2)29-15-7-8-16(21)17(22)10-15/h7-8,10,13-14H,4-6,9,11-12H2,1-3H3. The van der Waals surface area contributed by atoms with Gasteiger partial charge in [0.2, 0.25) is 5.91 Å². The maximum Gasteiger partial charge on any atom is 0.310 e. The van der Waals surface area contributed by atoms with Gasteiger partial charge in [-0.1, -0.05) is 23.2 Å². The van der Waals surface area contributed by atoms with Gasteiger partial charge < -0.3 is 19.3 Å². The maximum absolute atomic E-state index is 12.6. The second-order valence-corrected chi connectivity index (χ2v) is 7.78. The van der Waals surface area contributed by atoms with Gasteiger partial charge in [-0.05, 0) is 38.8 Å². The van der Waals surface area contributed by atoms with Gasteiger partial charge in [0.1, 0.15) is 5.75 Å². The van der Waals surface area contributed by atoms with Crippen LogP contribution >= 0.6 is 23.2 Å². The zero-order valence-electron chi connectivity index (χ0n) is 16.8. The number of amides is 2. The van der Waals surface area contributed by atoms with Gasteiger partial charge in [-0.2, -0.15) is 0 Å². The Labute approximate surface area is 180 Å². The van der Waals surface area contributed by atoms with E-state index in [2.05, 4.69) is 0 Å². The molecule has 0 saturated carbocycles. The highest BCUT2D eigenvalue weighted by Gasteiger charge is 2.30. The molecule has 1 aromatic carbocycles. The number of nitrogens with zero attached hydrogens (tertiary/aromatic N) is 2. The topological polar surface area (TPSA) is 76.2 Å². The Hall–Kier alpha value is -1.99. The van der Waals surface area contributed by atoms with Crippen molar-refractivity contribution in [3.8, 4) is 5.75 Å². The lowest BCUT2D eigenvalue weighted by Crippen LogP contribution is -2.48. The van der Waals surface area contributed by atoms with Gasteiger partial charge in [0, 0.05) is 26.2 Å². The highest BCUT2D eigenvalue weighted by Crippen LogP contribution is 2.27. The molecule has 0 N–H and O–H groups in total. The molecule has 0 aliphatic carbocycles. The zero-order valence-corrected chi connectivity index (χ0v) is 18.3. The zero-order chi connectivity index (χ0) is 21.6. The van der Waals surface area contributed by atoms with E-state index < -0.39 is 6.10 Å². The van der Waals surface area contributed by atoms with E-state index in [-0.39, 0.29) is 30.2 Å². The quantitative estimate of drug-likeness (QED) is 0.604. The Morgan fingerprint density at radius 3 is 2.66 bits per heavy atom. The SMILES string of the molecule is CCOC(=O)C1CCCN(C(=O)CN(C)C(=O)C(C)Oc2ccc(Cl)c(Cl)c2)C1. The van der Waals surface area contributed by atoms with Gasteiger partial charge >= 0.3 is 5.97 Å². The smallest absolute Gasteiger partial charge is 0.310 e. The first kappa shape index (κ1) is 23.3. The number of piperidine rings is 1. The van der Waals surface area contributed by atoms with Gasteiger partial charge in [-0.3, -0.25) is 14.4 Å². The molecule has 0 bridgehead atoms. The molecule has 1 fully saturated rings. The molecule has 2 rings (SSSR count). The minimum absolute atomic E-state index is 0.0938. The fourth-order valence-corrected chi connectivity index (χ4v) is 3.44. The van der Waals surface area contributed by atoms with E-state index in [1.165, 1.54) is 11.0 Å². The summed E-state index contributed by atoms with van der Waals surface area (Å²) in [6.45, 7) is 4.46. The van der Waals surface area contributed by atoms with Crippen LogP contribution in [0.1, 0.15) is 26.7 Å². The minimum atomic E-state index is -0.807. The van der Waals surface area contributed by atoms with Crippen LogP contribution in [0.25, 0.3) is 0 Å². The fourth-order valence-electron chi connectivity index (χ4n) is 3.15. The van der Waals surface area contributed by atoms with Gasteiger partial charge in [0.15, 0.2) is 6.10 Å². The van der Waals surface area contributed by atoms with Crippen molar-refractivity contribution in [1.82, 2.24) is 9.80 Å². The number of ether oxygens (including phenoxy) is 2. The second-order valence-electron chi connectivity index (χ2n) is 6.96. The molecule has 160 valence electrons. The Morgan fingerprint density at radius 2 is 2.00 bits per heavy atom. The molecule has 1 aromatic rings. The summed E-state index contributed by atoms with van der Waals surface area (Å²) in [5, 5.41) is 0.719. The second kappa shape index (κ2) is 10.7. The fraction of sp³-hybridized carbons (Fsp3) is 0.550. The van der Waals surface area contributed by atoms with Crippen molar-refractivity contribution >= 4 is 41.0 Å². The number of hydrogen-bond acceptors (Lipinski definition) is 5. The van der Waals surface area contributed by atoms with Crippen molar-refractivity contribution in [3.63, 3.8) is 0 Å². The molecule has 9 heteroatoms. The molecule has 1 aliphatic heterocycles. The van der Waals surface area contributed by atoms with Crippen LogP contribution in [0.2, 0.25) is 10.0 Å². The number of halogens is 2. The van der Waals surface area contributed by atoms with E-state index in [1.807, 2.05) is 0 Å². The number of carbonyl (C=O) groups excluding carboxylic acids is 3. The molecule has 1 heterocycles. The third-order valence-electron chi connectivity index (χ3n) is 4.69. The molecule has 1 saturated heterocycles. The van der Waals surface area contributed by atoms with Crippen LogP contribution in [-0.4, -0.2) is 67.0 Å². The van der Waals surface area contributed by atoms with Crippen molar-refractivity contribution in [3.05, 3.63) is 28.2 Å². The van der Waals surface area contributed by atoms with Crippen LogP contribution in [0.4, 0.5) is 0 Å². The summed E-state index contributed by atoms with van der Waals surface area (Å²) in [5.41, 5.74) is 0. The predicted molar refractivity (Wildman–Crippen MR) is 110 cm³/mol. The molecule has 2 atom stereocenters. The lowest BCUT2D eigenvalue weighted by Gasteiger charge is -2.33. The third kappa shape index (κ3) is 6.51. The van der Waals surface area contributed by atoms with E-state index in [4.69, 9.17) is 32.7 Å². The van der Waals surface area contributed by atoms with Crippen LogP contribution in [0.3, 0.4) is 0 Å². The van der Waals surface area contributed by atoms with Crippen LogP contribution in [0, 0.1) is 5.92 Å². The van der Waals surface area contributed by atoms with Crippen LogP contribution in [0.15, 0.2) is 18.2 Å². The Bertz CT molecular complexity index is 758. The van der Waals surface area contributed by atoms with Crippen molar-refractivity contribution in [2.24, 2.45) is 5.92 Å². The Balaban J connectivity index is 1.89. The molecular weight excluding hydrogens is 419 g/mol. The average Bonchev–Trinajstić information content (AvgIpc) is 2.70. The van der Waals surface area contributed by atoms with Crippen molar-refractivity contribution in [2.75, 3.05) is 33.3 Å². The number of carbonyl (C=O) groups is 3. The lowest BCUT2D eigenvalue weighted by atomic mass is 9.98. The monoisotopic (exact) mass is 444 g/mol. The van der Waals surface area contributed by atoms with Crippen molar-refractivity contribution in [2.45, 2.75) is 32.8 Å². The van der Waals surface area contributed by atoms with Crippen LogP contribution < -0.4 is 4.74 Å². The van der Waals surface area contributed by atoms with E-state index >= 15 is 0 Å².